The van der Waals surface area contributed by atoms with Crippen LogP contribution in [0.3, 0.4) is 0 Å². The predicted octanol–water partition coefficient (Wildman–Crippen LogP) is 2.61. The topological polar surface area (TPSA) is 93.7 Å². The van der Waals surface area contributed by atoms with Gasteiger partial charge in [0.2, 0.25) is 10.0 Å². The Kier molecular flexibility index (Phi) is 5.71. The lowest BCUT2D eigenvalue weighted by molar-refractivity contribution is 0.0943. The molecule has 1 amide bonds. The zero-order valence-electron chi connectivity index (χ0n) is 16.9. The van der Waals surface area contributed by atoms with Crippen molar-refractivity contribution < 1.29 is 22.7 Å². The number of hydrogen-bond acceptors (Lipinski definition) is 5. The molecule has 4 rings (SSSR count). The van der Waals surface area contributed by atoms with Crippen LogP contribution in [0.5, 0.6) is 11.5 Å². The highest BCUT2D eigenvalue weighted by molar-refractivity contribution is 7.89. The minimum Gasteiger partial charge on any atom is -0.486 e. The van der Waals surface area contributed by atoms with Crippen LogP contribution >= 0.6 is 0 Å². The van der Waals surface area contributed by atoms with Crippen LogP contribution in [0.1, 0.15) is 41.6 Å². The van der Waals surface area contributed by atoms with Gasteiger partial charge in [0.05, 0.1) is 4.90 Å². The third-order valence-corrected chi connectivity index (χ3v) is 7.39. The summed E-state index contributed by atoms with van der Waals surface area (Å²) in [5.74, 6) is 1.22. The van der Waals surface area contributed by atoms with Gasteiger partial charge in [0.15, 0.2) is 11.5 Å². The van der Waals surface area contributed by atoms with E-state index in [2.05, 4.69) is 16.1 Å². The Morgan fingerprint density at radius 1 is 1.03 bits per heavy atom. The van der Waals surface area contributed by atoms with Crippen molar-refractivity contribution in [1.29, 1.82) is 0 Å². The van der Waals surface area contributed by atoms with Gasteiger partial charge in [0.1, 0.15) is 13.2 Å². The molecule has 0 radical (unpaired) electrons. The third-order valence-electron chi connectivity index (χ3n) is 5.98. The fraction of sp³-hybridized carbons (Fsp3) is 0.409. The molecule has 0 atom stereocenters. The van der Waals surface area contributed by atoms with Gasteiger partial charge in [-0.15, -0.1) is 0 Å². The lowest BCUT2D eigenvalue weighted by atomic mass is 9.78. The molecule has 0 aromatic heterocycles. The van der Waals surface area contributed by atoms with Crippen LogP contribution in [-0.2, 0) is 15.4 Å². The number of amides is 1. The van der Waals surface area contributed by atoms with Crippen molar-refractivity contribution in [3.05, 3.63) is 53.6 Å². The van der Waals surface area contributed by atoms with Gasteiger partial charge in [-0.1, -0.05) is 25.0 Å². The first-order valence-electron chi connectivity index (χ1n) is 10.2. The van der Waals surface area contributed by atoms with Gasteiger partial charge in [-0.3, -0.25) is 4.79 Å². The SMILES string of the molecule is CNS(=O)(=O)c1cccc(C(=O)NCC2(c3ccc4c(c3)OCCO4)CCCC2)c1. The maximum Gasteiger partial charge on any atom is 0.251 e. The number of fused-ring (bicyclic) bond motifs is 1. The minimum absolute atomic E-state index is 0.0695. The predicted molar refractivity (Wildman–Crippen MR) is 113 cm³/mol. The molecule has 1 saturated carbocycles. The van der Waals surface area contributed by atoms with E-state index in [9.17, 15) is 13.2 Å². The molecule has 1 fully saturated rings. The van der Waals surface area contributed by atoms with Crippen LogP contribution in [0.25, 0.3) is 0 Å². The molecule has 2 aromatic carbocycles. The Bertz CT molecular complexity index is 1050. The first kappa shape index (κ1) is 20.7. The highest BCUT2D eigenvalue weighted by Gasteiger charge is 2.37. The largest absolute Gasteiger partial charge is 0.486 e. The molecule has 30 heavy (non-hydrogen) atoms. The molecule has 1 aliphatic heterocycles. The fourth-order valence-corrected chi connectivity index (χ4v) is 5.04. The average Bonchev–Trinajstić information content (AvgIpc) is 3.27. The number of sulfonamides is 1. The van der Waals surface area contributed by atoms with E-state index in [0.29, 0.717) is 25.3 Å². The second-order valence-corrected chi connectivity index (χ2v) is 9.65. The standard InChI is InChI=1S/C22H26N2O5S/c1-23-30(26,27)18-6-4-5-16(13-18)21(25)24-15-22(9-2-3-10-22)17-7-8-19-20(14-17)29-12-11-28-19/h4-8,13-14,23H,2-3,9-12,15H2,1H3,(H,24,25). The quantitative estimate of drug-likeness (QED) is 0.735. The van der Waals surface area contributed by atoms with E-state index < -0.39 is 10.0 Å². The molecule has 2 aromatic rings. The van der Waals surface area contributed by atoms with E-state index in [-0.39, 0.29) is 16.2 Å². The second kappa shape index (κ2) is 8.28. The summed E-state index contributed by atoms with van der Waals surface area (Å²) in [4.78, 5) is 12.9. The maximum absolute atomic E-state index is 12.8. The first-order valence-corrected chi connectivity index (χ1v) is 11.6. The second-order valence-electron chi connectivity index (χ2n) is 7.76. The summed E-state index contributed by atoms with van der Waals surface area (Å²) in [5, 5.41) is 3.03. The van der Waals surface area contributed by atoms with Crippen LogP contribution in [0.4, 0.5) is 0 Å². The number of rotatable bonds is 6. The van der Waals surface area contributed by atoms with Crippen molar-refractivity contribution >= 4 is 15.9 Å². The van der Waals surface area contributed by atoms with Gasteiger partial charge in [-0.2, -0.15) is 0 Å². The van der Waals surface area contributed by atoms with E-state index in [4.69, 9.17) is 9.47 Å². The normalized spacial score (nSPS) is 17.5. The molecule has 8 heteroatoms. The molecule has 2 aliphatic rings. The van der Waals surface area contributed by atoms with Crippen molar-refractivity contribution in [2.75, 3.05) is 26.8 Å². The zero-order valence-corrected chi connectivity index (χ0v) is 17.8. The van der Waals surface area contributed by atoms with E-state index in [1.807, 2.05) is 12.1 Å². The van der Waals surface area contributed by atoms with Crippen LogP contribution in [0.15, 0.2) is 47.4 Å². The molecule has 0 spiro atoms. The van der Waals surface area contributed by atoms with Gasteiger partial charge in [-0.25, -0.2) is 13.1 Å². The summed E-state index contributed by atoms with van der Waals surface area (Å²) in [5.41, 5.74) is 1.29. The third kappa shape index (κ3) is 4.02. The van der Waals surface area contributed by atoms with E-state index in [1.54, 1.807) is 12.1 Å². The van der Waals surface area contributed by atoms with Crippen molar-refractivity contribution in [2.45, 2.75) is 36.0 Å². The van der Waals surface area contributed by atoms with Gasteiger partial charge >= 0.3 is 0 Å². The number of carbonyl (C=O) groups excluding carboxylic acids is 1. The molecule has 160 valence electrons. The summed E-state index contributed by atoms with van der Waals surface area (Å²) in [6.45, 7) is 1.57. The summed E-state index contributed by atoms with van der Waals surface area (Å²) < 4.78 is 37.7. The summed E-state index contributed by atoms with van der Waals surface area (Å²) in [6, 6.07) is 12.1. The number of ether oxygens (including phenoxy) is 2. The zero-order chi connectivity index (χ0) is 21.2. The van der Waals surface area contributed by atoms with Crippen LogP contribution in [0, 0.1) is 0 Å². The first-order chi connectivity index (χ1) is 14.4. The average molecular weight is 431 g/mol. The Morgan fingerprint density at radius 2 is 1.77 bits per heavy atom. The van der Waals surface area contributed by atoms with Crippen LogP contribution in [-0.4, -0.2) is 41.1 Å². The van der Waals surface area contributed by atoms with Crippen LogP contribution < -0.4 is 19.5 Å². The van der Waals surface area contributed by atoms with Crippen molar-refractivity contribution in [1.82, 2.24) is 10.0 Å². The minimum atomic E-state index is -3.60. The van der Waals surface area contributed by atoms with E-state index >= 15 is 0 Å². The molecule has 0 bridgehead atoms. The van der Waals surface area contributed by atoms with Gasteiger partial charge in [0.25, 0.3) is 5.91 Å². The highest BCUT2D eigenvalue weighted by atomic mass is 32.2. The van der Waals surface area contributed by atoms with E-state index in [0.717, 1.165) is 42.7 Å². The van der Waals surface area contributed by atoms with Gasteiger partial charge < -0.3 is 14.8 Å². The molecule has 1 heterocycles. The van der Waals surface area contributed by atoms with Crippen molar-refractivity contribution in [3.8, 4) is 11.5 Å². The number of carbonyl (C=O) groups is 1. The lowest BCUT2D eigenvalue weighted by Crippen LogP contribution is -2.39. The van der Waals surface area contributed by atoms with Crippen LogP contribution in [0.2, 0.25) is 0 Å². The molecule has 2 N–H and O–H groups in total. The summed E-state index contributed by atoms with van der Waals surface area (Å²) >= 11 is 0. The Hall–Kier alpha value is -2.58. The Morgan fingerprint density at radius 3 is 2.50 bits per heavy atom. The molecular formula is C22H26N2O5S. The highest BCUT2D eigenvalue weighted by Crippen LogP contribution is 2.43. The molecule has 0 saturated heterocycles. The molecular weight excluding hydrogens is 404 g/mol. The number of hydrogen-bond donors (Lipinski definition) is 2. The molecule has 1 aliphatic carbocycles. The Labute approximate surface area is 176 Å². The maximum atomic E-state index is 12.8. The molecule has 0 unspecified atom stereocenters. The van der Waals surface area contributed by atoms with Crippen molar-refractivity contribution in [2.24, 2.45) is 0 Å². The lowest BCUT2D eigenvalue weighted by Gasteiger charge is -2.31. The monoisotopic (exact) mass is 430 g/mol. The summed E-state index contributed by atoms with van der Waals surface area (Å²) in [6.07, 6.45) is 4.14. The number of benzene rings is 2. The van der Waals surface area contributed by atoms with Gasteiger partial charge in [-0.05, 0) is 55.8 Å². The fourth-order valence-electron chi connectivity index (χ4n) is 4.27. The van der Waals surface area contributed by atoms with E-state index in [1.165, 1.54) is 19.2 Å². The number of nitrogens with one attached hydrogen (secondary N) is 2. The smallest absolute Gasteiger partial charge is 0.251 e. The van der Waals surface area contributed by atoms with Crippen molar-refractivity contribution in [3.63, 3.8) is 0 Å². The van der Waals surface area contributed by atoms with Gasteiger partial charge in [0, 0.05) is 17.5 Å². The summed E-state index contributed by atoms with van der Waals surface area (Å²) in [7, 11) is -2.26. The molecule has 7 nitrogen and oxygen atoms in total. The Balaban J connectivity index is 1.54.